The number of carbonyl (C=O) groups is 1. The first-order chi connectivity index (χ1) is 15.8. The third-order valence-electron chi connectivity index (χ3n) is 5.74. The average Bonchev–Trinajstić information content (AvgIpc) is 3.50. The molecule has 5 aromatic rings. The van der Waals surface area contributed by atoms with Crippen LogP contribution in [0, 0.1) is 11.7 Å². The minimum Gasteiger partial charge on any atom is -0.481 e. The zero-order valence-corrected chi connectivity index (χ0v) is 18.1. The summed E-state index contributed by atoms with van der Waals surface area (Å²) in [5, 5.41) is 22.1. The van der Waals surface area contributed by atoms with Crippen molar-refractivity contribution in [3.8, 4) is 22.5 Å². The minimum atomic E-state index is -0.912. The van der Waals surface area contributed by atoms with Crippen molar-refractivity contribution in [3.05, 3.63) is 48.9 Å². The predicted octanol–water partition coefficient (Wildman–Crippen LogP) is 3.33. The largest absolute Gasteiger partial charge is 0.481 e. The van der Waals surface area contributed by atoms with E-state index in [0.717, 1.165) is 17.3 Å². The lowest BCUT2D eigenvalue weighted by Crippen LogP contribution is -2.30. The Labute approximate surface area is 187 Å². The molecule has 5 aromatic heterocycles. The van der Waals surface area contributed by atoms with Gasteiger partial charge in [0.15, 0.2) is 11.6 Å². The molecule has 11 heteroatoms. The molecule has 3 N–H and O–H groups in total. The van der Waals surface area contributed by atoms with Crippen LogP contribution in [0.3, 0.4) is 0 Å². The summed E-state index contributed by atoms with van der Waals surface area (Å²) in [5.74, 6) is -1.22. The number of anilines is 1. The molecule has 5 rings (SSSR count). The molecule has 0 spiro atoms. The van der Waals surface area contributed by atoms with Crippen molar-refractivity contribution in [2.75, 3.05) is 5.32 Å². The van der Waals surface area contributed by atoms with E-state index in [4.69, 9.17) is 4.98 Å². The van der Waals surface area contributed by atoms with Gasteiger partial charge in [-0.2, -0.15) is 5.10 Å². The minimum absolute atomic E-state index is 0.340. The van der Waals surface area contributed by atoms with Crippen molar-refractivity contribution < 1.29 is 14.3 Å². The highest BCUT2D eigenvalue weighted by Crippen LogP contribution is 2.30. The zero-order chi connectivity index (χ0) is 23.3. The van der Waals surface area contributed by atoms with Gasteiger partial charge in [0.2, 0.25) is 0 Å². The van der Waals surface area contributed by atoms with Crippen LogP contribution in [-0.4, -0.2) is 51.5 Å². The lowest BCUT2D eigenvalue weighted by Gasteiger charge is -2.19. The Hall–Kier alpha value is -4.28. The lowest BCUT2D eigenvalue weighted by molar-refractivity contribution is -0.141. The van der Waals surface area contributed by atoms with Gasteiger partial charge in [0.05, 0.1) is 18.3 Å². The first-order valence-corrected chi connectivity index (χ1v) is 10.3. The number of aromatic amines is 1. The van der Waals surface area contributed by atoms with Crippen LogP contribution in [0.1, 0.15) is 13.8 Å². The number of hydrogen-bond donors (Lipinski definition) is 3. The summed E-state index contributed by atoms with van der Waals surface area (Å²) in [7, 11) is 1.84. The molecule has 33 heavy (non-hydrogen) atoms. The Morgan fingerprint density at radius 1 is 1.21 bits per heavy atom. The van der Waals surface area contributed by atoms with E-state index in [2.05, 4.69) is 25.5 Å². The maximum atomic E-state index is 13.9. The second kappa shape index (κ2) is 7.69. The van der Waals surface area contributed by atoms with Gasteiger partial charge in [0.1, 0.15) is 17.0 Å². The van der Waals surface area contributed by atoms with Crippen LogP contribution < -0.4 is 5.32 Å². The van der Waals surface area contributed by atoms with Crippen molar-refractivity contribution in [1.29, 1.82) is 0 Å². The molecule has 0 saturated carbocycles. The van der Waals surface area contributed by atoms with Crippen LogP contribution in [-0.2, 0) is 11.8 Å². The van der Waals surface area contributed by atoms with Crippen LogP contribution in [0.5, 0.6) is 0 Å². The molecule has 0 bridgehead atoms. The van der Waals surface area contributed by atoms with Crippen molar-refractivity contribution in [2.45, 2.75) is 19.9 Å². The van der Waals surface area contributed by atoms with Gasteiger partial charge in [-0.3, -0.25) is 9.48 Å². The lowest BCUT2D eigenvalue weighted by atomic mass is 10.0. The maximum Gasteiger partial charge on any atom is 0.308 e. The Morgan fingerprint density at radius 2 is 2.03 bits per heavy atom. The molecule has 0 saturated heterocycles. The van der Waals surface area contributed by atoms with Crippen LogP contribution in [0.15, 0.2) is 43.1 Å². The molecule has 0 aliphatic heterocycles. The van der Waals surface area contributed by atoms with E-state index in [0.29, 0.717) is 33.8 Å². The number of aliphatic carboxylic acids is 1. The van der Waals surface area contributed by atoms with Gasteiger partial charge >= 0.3 is 5.97 Å². The van der Waals surface area contributed by atoms with Gasteiger partial charge in [-0.25, -0.2) is 18.9 Å². The fourth-order valence-corrected chi connectivity index (χ4v) is 3.67. The van der Waals surface area contributed by atoms with E-state index >= 15 is 0 Å². The monoisotopic (exact) mass is 448 g/mol. The van der Waals surface area contributed by atoms with Gasteiger partial charge < -0.3 is 15.4 Å². The number of nitrogens with zero attached hydrogens (tertiary/aromatic N) is 6. The van der Waals surface area contributed by atoms with Crippen LogP contribution >= 0.6 is 0 Å². The van der Waals surface area contributed by atoms with E-state index in [1.165, 1.54) is 6.07 Å². The summed E-state index contributed by atoms with van der Waals surface area (Å²) in [4.78, 5) is 23.3. The number of halogens is 1. The Bertz CT molecular complexity index is 1500. The maximum absolute atomic E-state index is 13.9. The molecule has 0 radical (unpaired) electrons. The van der Waals surface area contributed by atoms with Gasteiger partial charge in [0, 0.05) is 53.8 Å². The first kappa shape index (κ1) is 20.6. The number of H-pyrrole nitrogens is 1. The summed E-state index contributed by atoms with van der Waals surface area (Å²) >= 11 is 0. The number of nitrogens with one attached hydrogen (secondary N) is 2. The number of carboxylic acid groups (broad SMARTS) is 1. The highest BCUT2D eigenvalue weighted by Gasteiger charge is 2.22. The van der Waals surface area contributed by atoms with E-state index in [1.807, 2.05) is 25.5 Å². The Balaban J connectivity index is 1.68. The summed E-state index contributed by atoms with van der Waals surface area (Å²) in [6.45, 7) is 3.42. The van der Waals surface area contributed by atoms with Crippen LogP contribution in [0.25, 0.3) is 39.1 Å². The zero-order valence-electron chi connectivity index (χ0n) is 18.1. The van der Waals surface area contributed by atoms with Crippen molar-refractivity contribution in [3.63, 3.8) is 0 Å². The topological polar surface area (TPSA) is 126 Å². The van der Waals surface area contributed by atoms with E-state index in [9.17, 15) is 14.3 Å². The van der Waals surface area contributed by atoms with Crippen molar-refractivity contribution in [1.82, 2.24) is 34.3 Å². The van der Waals surface area contributed by atoms with E-state index in [-0.39, 0.29) is 0 Å². The fraction of sp³-hybridized carbons (Fsp3) is 0.227. The number of aryl methyl sites for hydroxylation is 1. The average molecular weight is 448 g/mol. The molecule has 0 aromatic carbocycles. The van der Waals surface area contributed by atoms with Crippen LogP contribution in [0.4, 0.5) is 10.2 Å². The third kappa shape index (κ3) is 3.67. The smallest absolute Gasteiger partial charge is 0.308 e. The van der Waals surface area contributed by atoms with E-state index < -0.39 is 23.7 Å². The molecule has 0 fully saturated rings. The van der Waals surface area contributed by atoms with Crippen LogP contribution in [0.2, 0.25) is 0 Å². The second-order valence-electron chi connectivity index (χ2n) is 8.06. The molecule has 2 atom stereocenters. The molecule has 10 nitrogen and oxygen atoms in total. The standard InChI is InChI=1S/C22H21FN8O2/c1-11(22(32)33)12(2)27-21-18-4-13(14-6-26-30(3)9-14)10-31(18)29-20(28-21)17-8-25-19-16(17)5-15(23)7-24-19/h4-12H,1-3H3,(H,24,25)(H,32,33)(H,27,28,29)/t11-,12-/m0/s1. The van der Waals surface area contributed by atoms with Gasteiger partial charge in [-0.1, -0.05) is 0 Å². The molecule has 0 amide bonds. The van der Waals surface area contributed by atoms with Crippen molar-refractivity contribution >= 4 is 28.3 Å². The SMILES string of the molecule is C[C@H](Nc1nc(-c2c[nH]c3ncc(F)cc23)nn2cc(-c3cnn(C)c3)cc12)[C@H](C)C(=O)O. The second-order valence-corrected chi connectivity index (χ2v) is 8.06. The quantitative estimate of drug-likeness (QED) is 0.364. The van der Waals surface area contributed by atoms with Gasteiger partial charge in [-0.05, 0) is 26.0 Å². The molecular weight excluding hydrogens is 427 g/mol. The fourth-order valence-electron chi connectivity index (χ4n) is 3.67. The summed E-state index contributed by atoms with van der Waals surface area (Å²) < 4.78 is 17.3. The number of pyridine rings is 1. The number of carboxylic acids is 1. The number of fused-ring (bicyclic) bond motifs is 2. The highest BCUT2D eigenvalue weighted by molar-refractivity contribution is 5.92. The van der Waals surface area contributed by atoms with Crippen molar-refractivity contribution in [2.24, 2.45) is 13.0 Å². The molecule has 0 aliphatic rings. The summed E-state index contributed by atoms with van der Waals surface area (Å²) in [6, 6.07) is 2.88. The highest BCUT2D eigenvalue weighted by atomic mass is 19.1. The molecular formula is C22H21FN8O2. The molecule has 168 valence electrons. The number of aromatic nitrogens is 7. The molecule has 0 aliphatic carbocycles. The van der Waals surface area contributed by atoms with Gasteiger partial charge in [0.25, 0.3) is 0 Å². The summed E-state index contributed by atoms with van der Waals surface area (Å²) in [6.07, 6.45) is 8.30. The van der Waals surface area contributed by atoms with Gasteiger partial charge in [-0.15, -0.1) is 5.10 Å². The van der Waals surface area contributed by atoms with E-state index in [1.54, 1.807) is 35.4 Å². The molecule has 5 heterocycles. The summed E-state index contributed by atoms with van der Waals surface area (Å²) in [5.41, 5.74) is 3.55. The normalized spacial score (nSPS) is 13.5. The predicted molar refractivity (Wildman–Crippen MR) is 120 cm³/mol. The Kier molecular flexibility index (Phi) is 4.81. The Morgan fingerprint density at radius 3 is 2.76 bits per heavy atom. The number of rotatable bonds is 6. The third-order valence-corrected chi connectivity index (χ3v) is 5.74. The first-order valence-electron chi connectivity index (χ1n) is 10.3. The number of hydrogen-bond acceptors (Lipinski definition) is 6. The molecule has 0 unspecified atom stereocenters.